The van der Waals surface area contributed by atoms with Gasteiger partial charge in [-0.25, -0.2) is 9.47 Å². The van der Waals surface area contributed by atoms with Crippen molar-refractivity contribution in [3.63, 3.8) is 0 Å². The number of likely N-dealkylation sites (tertiary alicyclic amines) is 1. The SMILES string of the molecule is CC(C)(C)OC(=O)N1CC(Sc2nnc(-c3cccc(Cl)c3)n2N)C1. The number of amides is 1. The van der Waals surface area contributed by atoms with Crippen molar-refractivity contribution in [2.75, 3.05) is 18.9 Å². The van der Waals surface area contributed by atoms with Gasteiger partial charge in [-0.3, -0.25) is 0 Å². The number of thioether (sulfide) groups is 1. The molecule has 0 unspecified atom stereocenters. The maximum Gasteiger partial charge on any atom is 0.410 e. The number of nitrogens with zero attached hydrogens (tertiary/aromatic N) is 4. The molecule has 1 amide bonds. The van der Waals surface area contributed by atoms with Gasteiger partial charge < -0.3 is 15.5 Å². The topological polar surface area (TPSA) is 86.3 Å². The molecule has 2 N–H and O–H groups in total. The number of carbonyl (C=O) groups is 1. The number of hydrogen-bond acceptors (Lipinski definition) is 6. The Morgan fingerprint density at radius 1 is 1.36 bits per heavy atom. The zero-order valence-corrected chi connectivity index (χ0v) is 15.8. The quantitative estimate of drug-likeness (QED) is 0.822. The van der Waals surface area contributed by atoms with E-state index in [-0.39, 0.29) is 11.3 Å². The molecule has 1 fully saturated rings. The van der Waals surface area contributed by atoms with Crippen molar-refractivity contribution in [1.29, 1.82) is 0 Å². The van der Waals surface area contributed by atoms with Crippen LogP contribution in [-0.2, 0) is 4.74 Å². The number of hydrogen-bond donors (Lipinski definition) is 1. The van der Waals surface area contributed by atoms with Crippen molar-refractivity contribution in [3.8, 4) is 11.4 Å². The third kappa shape index (κ3) is 4.19. The Bertz CT molecular complexity index is 783. The highest BCUT2D eigenvalue weighted by atomic mass is 35.5. The van der Waals surface area contributed by atoms with Gasteiger partial charge in [0.05, 0.1) is 0 Å². The number of halogens is 1. The van der Waals surface area contributed by atoms with Gasteiger partial charge in [0, 0.05) is 28.9 Å². The number of nitrogen functional groups attached to an aromatic ring is 1. The minimum absolute atomic E-state index is 0.214. The summed E-state index contributed by atoms with van der Waals surface area (Å²) < 4.78 is 6.80. The van der Waals surface area contributed by atoms with E-state index in [1.165, 1.54) is 16.4 Å². The van der Waals surface area contributed by atoms with Gasteiger partial charge in [0.1, 0.15) is 5.60 Å². The minimum Gasteiger partial charge on any atom is -0.444 e. The Morgan fingerprint density at radius 2 is 2.08 bits per heavy atom. The van der Waals surface area contributed by atoms with Crippen molar-refractivity contribution in [2.45, 2.75) is 36.8 Å². The Hall–Kier alpha value is -1.93. The summed E-state index contributed by atoms with van der Waals surface area (Å²) in [5.41, 5.74) is 0.317. The molecule has 2 heterocycles. The third-order valence-corrected chi connectivity index (χ3v) is 4.87. The predicted octanol–water partition coefficient (Wildman–Crippen LogP) is 3.02. The molecule has 0 bridgehead atoms. The van der Waals surface area contributed by atoms with Crippen molar-refractivity contribution >= 4 is 29.5 Å². The summed E-state index contributed by atoms with van der Waals surface area (Å²) in [6, 6.07) is 7.29. The first-order valence-electron chi connectivity index (χ1n) is 7.84. The molecule has 1 aromatic carbocycles. The van der Waals surface area contributed by atoms with Gasteiger partial charge in [-0.05, 0) is 32.9 Å². The number of benzene rings is 1. The van der Waals surface area contributed by atoms with Gasteiger partial charge in [0.2, 0.25) is 5.16 Å². The second-order valence-corrected chi connectivity index (χ2v) is 8.52. The molecule has 1 aromatic heterocycles. The number of aromatic nitrogens is 3. The minimum atomic E-state index is -0.487. The number of carbonyl (C=O) groups excluding carboxylic acids is 1. The van der Waals surface area contributed by atoms with E-state index in [2.05, 4.69) is 10.2 Å². The lowest BCUT2D eigenvalue weighted by atomic mass is 10.2. The summed E-state index contributed by atoms with van der Waals surface area (Å²) in [6.45, 7) is 6.75. The van der Waals surface area contributed by atoms with Crippen LogP contribution in [0.3, 0.4) is 0 Å². The summed E-state index contributed by atoms with van der Waals surface area (Å²) in [7, 11) is 0. The number of rotatable bonds is 3. The number of ether oxygens (including phenoxy) is 1. The molecule has 0 saturated carbocycles. The van der Waals surface area contributed by atoms with Crippen molar-refractivity contribution in [1.82, 2.24) is 19.8 Å². The smallest absolute Gasteiger partial charge is 0.410 e. The van der Waals surface area contributed by atoms with E-state index in [1.807, 2.05) is 32.9 Å². The molecule has 1 aliphatic heterocycles. The monoisotopic (exact) mass is 381 g/mol. The predicted molar refractivity (Wildman–Crippen MR) is 98.1 cm³/mol. The van der Waals surface area contributed by atoms with Gasteiger partial charge in [-0.15, -0.1) is 10.2 Å². The van der Waals surface area contributed by atoms with Crippen LogP contribution < -0.4 is 5.84 Å². The molecule has 0 radical (unpaired) electrons. The van der Waals surface area contributed by atoms with Crippen LogP contribution >= 0.6 is 23.4 Å². The van der Waals surface area contributed by atoms with Crippen LogP contribution in [0.15, 0.2) is 29.4 Å². The van der Waals surface area contributed by atoms with E-state index in [1.54, 1.807) is 17.0 Å². The van der Waals surface area contributed by atoms with Crippen LogP contribution in [0.4, 0.5) is 4.79 Å². The second-order valence-electron chi connectivity index (χ2n) is 6.81. The summed E-state index contributed by atoms with van der Waals surface area (Å²) in [4.78, 5) is 13.6. The lowest BCUT2D eigenvalue weighted by Gasteiger charge is -2.38. The summed E-state index contributed by atoms with van der Waals surface area (Å²) >= 11 is 7.51. The molecule has 3 rings (SSSR count). The van der Waals surface area contributed by atoms with Gasteiger partial charge >= 0.3 is 6.09 Å². The molecular formula is C16H20ClN5O2S. The zero-order valence-electron chi connectivity index (χ0n) is 14.3. The first-order valence-corrected chi connectivity index (χ1v) is 9.10. The molecule has 0 spiro atoms. The molecule has 9 heteroatoms. The van der Waals surface area contributed by atoms with Crippen LogP contribution in [0.2, 0.25) is 5.02 Å². The molecule has 1 aliphatic rings. The molecule has 25 heavy (non-hydrogen) atoms. The van der Waals surface area contributed by atoms with Crippen LogP contribution in [0.5, 0.6) is 0 Å². The Kier molecular flexibility index (Phi) is 4.83. The maximum absolute atomic E-state index is 12.0. The van der Waals surface area contributed by atoms with E-state index in [9.17, 15) is 4.79 Å². The standard InChI is InChI=1S/C16H20ClN5O2S/c1-16(2,3)24-15(23)21-8-12(9-21)25-14-20-19-13(22(14)18)10-5-4-6-11(17)7-10/h4-7,12H,8-9,18H2,1-3H3. The molecule has 7 nitrogen and oxygen atoms in total. The van der Waals surface area contributed by atoms with Gasteiger partial charge in [0.25, 0.3) is 0 Å². The first-order chi connectivity index (χ1) is 11.7. The van der Waals surface area contributed by atoms with Crippen LogP contribution in [0, 0.1) is 0 Å². The highest BCUT2D eigenvalue weighted by Crippen LogP contribution is 2.31. The fourth-order valence-corrected chi connectivity index (χ4v) is 3.60. The first kappa shape index (κ1) is 17.9. The van der Waals surface area contributed by atoms with Crippen molar-refractivity contribution in [2.24, 2.45) is 0 Å². The highest BCUT2D eigenvalue weighted by molar-refractivity contribution is 7.99. The summed E-state index contributed by atoms with van der Waals surface area (Å²) in [5, 5.41) is 9.72. The fraction of sp³-hybridized carbons (Fsp3) is 0.438. The molecule has 134 valence electrons. The molecule has 1 saturated heterocycles. The normalized spacial score (nSPS) is 15.1. The molecule has 0 aliphatic carbocycles. The highest BCUT2D eigenvalue weighted by Gasteiger charge is 2.35. The lowest BCUT2D eigenvalue weighted by molar-refractivity contribution is 0.0143. The fourth-order valence-electron chi connectivity index (χ4n) is 2.32. The molecule has 0 atom stereocenters. The second kappa shape index (κ2) is 6.76. The van der Waals surface area contributed by atoms with Crippen LogP contribution in [-0.4, -0.2) is 49.8 Å². The Balaban J connectivity index is 1.60. The van der Waals surface area contributed by atoms with E-state index in [4.69, 9.17) is 22.2 Å². The van der Waals surface area contributed by atoms with Crippen molar-refractivity contribution < 1.29 is 9.53 Å². The third-order valence-electron chi connectivity index (χ3n) is 3.52. The van der Waals surface area contributed by atoms with Gasteiger partial charge in [-0.2, -0.15) is 0 Å². The van der Waals surface area contributed by atoms with Crippen LogP contribution in [0.25, 0.3) is 11.4 Å². The van der Waals surface area contributed by atoms with E-state index in [0.717, 1.165) is 5.56 Å². The molecule has 2 aromatic rings. The maximum atomic E-state index is 12.0. The summed E-state index contributed by atoms with van der Waals surface area (Å²) in [6.07, 6.45) is -0.293. The average Bonchev–Trinajstić information content (AvgIpc) is 2.81. The Morgan fingerprint density at radius 3 is 2.72 bits per heavy atom. The van der Waals surface area contributed by atoms with Crippen LogP contribution in [0.1, 0.15) is 20.8 Å². The van der Waals surface area contributed by atoms with E-state index in [0.29, 0.717) is 29.1 Å². The number of nitrogens with two attached hydrogens (primary N) is 1. The van der Waals surface area contributed by atoms with Crippen molar-refractivity contribution in [3.05, 3.63) is 29.3 Å². The summed E-state index contributed by atoms with van der Waals surface area (Å²) in [5.74, 6) is 6.66. The van der Waals surface area contributed by atoms with Gasteiger partial charge in [0.15, 0.2) is 5.82 Å². The Labute approximate surface area is 155 Å². The molecular weight excluding hydrogens is 362 g/mol. The van der Waals surface area contributed by atoms with E-state index >= 15 is 0 Å². The lowest BCUT2D eigenvalue weighted by Crippen LogP contribution is -2.53. The van der Waals surface area contributed by atoms with E-state index < -0.39 is 5.60 Å². The average molecular weight is 382 g/mol. The van der Waals surface area contributed by atoms with Gasteiger partial charge in [-0.1, -0.05) is 35.5 Å². The largest absolute Gasteiger partial charge is 0.444 e. The zero-order chi connectivity index (χ0) is 18.2.